The summed E-state index contributed by atoms with van der Waals surface area (Å²) < 4.78 is 10.2. The van der Waals surface area contributed by atoms with E-state index in [0.29, 0.717) is 5.92 Å². The molecular formula is C18H27N5O. The largest absolute Gasteiger partial charge is 0.370 e. The Kier molecular flexibility index (Phi) is 4.67. The number of ether oxygens (including phenoxy) is 1. The zero-order valence-electron chi connectivity index (χ0n) is 14.4. The fourth-order valence-electron chi connectivity index (χ4n) is 4.11. The molecule has 0 bridgehead atoms. The Balaban J connectivity index is 1.29. The van der Waals surface area contributed by atoms with Gasteiger partial charge in [-0.1, -0.05) is 0 Å². The molecule has 2 atom stereocenters. The second-order valence-corrected chi connectivity index (χ2v) is 7.21. The van der Waals surface area contributed by atoms with Gasteiger partial charge >= 0.3 is 0 Å². The molecule has 0 N–H and O–H groups in total. The van der Waals surface area contributed by atoms with Gasteiger partial charge in [0.25, 0.3) is 0 Å². The number of hydrogen-bond donors (Lipinski definition) is 0. The summed E-state index contributed by atoms with van der Waals surface area (Å²) in [7, 11) is 2.06. The van der Waals surface area contributed by atoms with E-state index in [9.17, 15) is 0 Å². The molecule has 4 rings (SSSR count). The van der Waals surface area contributed by atoms with Gasteiger partial charge in [-0.3, -0.25) is 4.68 Å². The number of piperidine rings is 1. The van der Waals surface area contributed by atoms with Crippen molar-refractivity contribution < 1.29 is 4.74 Å². The number of aryl methyl sites for hydroxylation is 1. The third kappa shape index (κ3) is 3.39. The van der Waals surface area contributed by atoms with E-state index in [-0.39, 0.29) is 6.10 Å². The highest BCUT2D eigenvalue weighted by molar-refractivity contribution is 5.01. The second kappa shape index (κ2) is 7.07. The molecule has 2 aliphatic heterocycles. The van der Waals surface area contributed by atoms with Gasteiger partial charge in [0.05, 0.1) is 0 Å². The average Bonchev–Trinajstić information content (AvgIpc) is 3.32. The maximum Gasteiger partial charge on any atom is 0.137 e. The molecule has 0 unspecified atom stereocenters. The maximum absolute atomic E-state index is 6.00. The molecule has 0 aliphatic carbocycles. The van der Waals surface area contributed by atoms with Crippen LogP contribution >= 0.6 is 0 Å². The molecule has 6 nitrogen and oxygen atoms in total. The fraction of sp³-hybridized carbons (Fsp3) is 0.667. The molecule has 4 heterocycles. The van der Waals surface area contributed by atoms with E-state index in [1.54, 1.807) is 0 Å². The molecule has 0 spiro atoms. The van der Waals surface area contributed by atoms with Crippen LogP contribution in [0.3, 0.4) is 0 Å². The SMILES string of the molecule is Cn1ccnc1[C@@H]1OCC[C@H]1CN1CCC(Cn2cccn2)CC1. The molecule has 2 aromatic heterocycles. The summed E-state index contributed by atoms with van der Waals surface area (Å²) >= 11 is 0. The molecule has 0 radical (unpaired) electrons. The van der Waals surface area contributed by atoms with Gasteiger partial charge in [-0.2, -0.15) is 5.10 Å². The number of nitrogens with zero attached hydrogens (tertiary/aromatic N) is 5. The smallest absolute Gasteiger partial charge is 0.137 e. The number of aromatic nitrogens is 4. The molecule has 6 heteroatoms. The standard InChI is InChI=1S/C18H27N5O/c1-21-11-7-19-18(21)17-16(5-12-24-17)14-22-9-3-15(4-10-22)13-23-8-2-6-20-23/h2,6-8,11,15-17H,3-5,9-10,12-14H2,1H3/t16-,17+/m0/s1. The van der Waals surface area contributed by atoms with Crippen molar-refractivity contribution in [3.05, 3.63) is 36.7 Å². The van der Waals surface area contributed by atoms with Crippen molar-refractivity contribution in [1.29, 1.82) is 0 Å². The normalized spacial score (nSPS) is 26.2. The van der Waals surface area contributed by atoms with Crippen LogP contribution in [0.2, 0.25) is 0 Å². The van der Waals surface area contributed by atoms with Crippen LogP contribution in [0.1, 0.15) is 31.2 Å². The highest BCUT2D eigenvalue weighted by Gasteiger charge is 2.34. The van der Waals surface area contributed by atoms with E-state index in [2.05, 4.69) is 37.5 Å². The van der Waals surface area contributed by atoms with E-state index < -0.39 is 0 Å². The lowest BCUT2D eigenvalue weighted by molar-refractivity contribution is 0.0625. The predicted octanol–water partition coefficient (Wildman–Crippen LogP) is 2.11. The van der Waals surface area contributed by atoms with Gasteiger partial charge in [0.2, 0.25) is 0 Å². The van der Waals surface area contributed by atoms with Crippen LogP contribution in [0, 0.1) is 11.8 Å². The molecule has 24 heavy (non-hydrogen) atoms. The highest BCUT2D eigenvalue weighted by Crippen LogP contribution is 2.34. The lowest BCUT2D eigenvalue weighted by Crippen LogP contribution is -2.38. The predicted molar refractivity (Wildman–Crippen MR) is 91.4 cm³/mol. The first-order valence-corrected chi connectivity index (χ1v) is 9.08. The average molecular weight is 329 g/mol. The van der Waals surface area contributed by atoms with Crippen LogP contribution in [-0.4, -0.2) is 50.5 Å². The van der Waals surface area contributed by atoms with Crippen LogP contribution in [-0.2, 0) is 18.3 Å². The molecule has 2 saturated heterocycles. The topological polar surface area (TPSA) is 48.1 Å². The van der Waals surface area contributed by atoms with E-state index >= 15 is 0 Å². The molecule has 0 amide bonds. The van der Waals surface area contributed by atoms with Gasteiger partial charge in [-0.05, 0) is 44.3 Å². The van der Waals surface area contributed by atoms with Gasteiger partial charge in [-0.15, -0.1) is 0 Å². The van der Waals surface area contributed by atoms with Crippen LogP contribution in [0.25, 0.3) is 0 Å². The lowest BCUT2D eigenvalue weighted by atomic mass is 9.94. The number of hydrogen-bond acceptors (Lipinski definition) is 4. The first kappa shape index (κ1) is 15.8. The van der Waals surface area contributed by atoms with Gasteiger partial charge < -0.3 is 14.2 Å². The van der Waals surface area contributed by atoms with Gasteiger partial charge in [0.15, 0.2) is 0 Å². The molecule has 2 aromatic rings. The van der Waals surface area contributed by atoms with E-state index in [0.717, 1.165) is 37.9 Å². The Morgan fingerprint density at radius 1 is 1.12 bits per heavy atom. The quantitative estimate of drug-likeness (QED) is 0.843. The number of rotatable bonds is 5. The Bertz CT molecular complexity index is 630. The third-order valence-electron chi connectivity index (χ3n) is 5.53. The Morgan fingerprint density at radius 3 is 2.71 bits per heavy atom. The number of imidazole rings is 1. The summed E-state index contributed by atoms with van der Waals surface area (Å²) in [6.07, 6.45) is 11.6. The fourth-order valence-corrected chi connectivity index (χ4v) is 4.11. The molecule has 2 aliphatic rings. The lowest BCUT2D eigenvalue weighted by Gasteiger charge is -2.34. The van der Waals surface area contributed by atoms with Crippen LogP contribution in [0.4, 0.5) is 0 Å². The Hall–Kier alpha value is -1.66. The monoisotopic (exact) mass is 329 g/mol. The summed E-state index contributed by atoms with van der Waals surface area (Å²) in [5.74, 6) is 2.39. The van der Waals surface area contributed by atoms with Crippen molar-refractivity contribution in [3.63, 3.8) is 0 Å². The van der Waals surface area contributed by atoms with Crippen LogP contribution in [0.5, 0.6) is 0 Å². The molecule has 0 aromatic carbocycles. The summed E-state index contributed by atoms with van der Waals surface area (Å²) in [4.78, 5) is 7.12. The third-order valence-corrected chi connectivity index (χ3v) is 5.53. The van der Waals surface area contributed by atoms with E-state index in [1.807, 2.05) is 24.7 Å². The number of likely N-dealkylation sites (tertiary alicyclic amines) is 1. The summed E-state index contributed by atoms with van der Waals surface area (Å²) in [6, 6.07) is 2.01. The van der Waals surface area contributed by atoms with Crippen molar-refractivity contribution in [2.45, 2.75) is 31.9 Å². The molecular weight excluding hydrogens is 302 g/mol. The first-order chi connectivity index (χ1) is 11.8. The minimum atomic E-state index is 0.159. The summed E-state index contributed by atoms with van der Waals surface area (Å²) in [5.41, 5.74) is 0. The Morgan fingerprint density at radius 2 is 2.00 bits per heavy atom. The zero-order chi connectivity index (χ0) is 16.4. The highest BCUT2D eigenvalue weighted by atomic mass is 16.5. The van der Waals surface area contributed by atoms with Crippen molar-refractivity contribution >= 4 is 0 Å². The molecule has 130 valence electrons. The maximum atomic E-state index is 6.00. The minimum Gasteiger partial charge on any atom is -0.370 e. The summed E-state index contributed by atoms with van der Waals surface area (Å²) in [5, 5.41) is 4.34. The van der Waals surface area contributed by atoms with E-state index in [1.165, 1.54) is 25.9 Å². The Labute approximate surface area is 143 Å². The van der Waals surface area contributed by atoms with Crippen molar-refractivity contribution in [2.24, 2.45) is 18.9 Å². The van der Waals surface area contributed by atoms with Gasteiger partial charge in [-0.25, -0.2) is 4.98 Å². The first-order valence-electron chi connectivity index (χ1n) is 9.08. The second-order valence-electron chi connectivity index (χ2n) is 7.21. The molecule has 2 fully saturated rings. The van der Waals surface area contributed by atoms with Crippen LogP contribution in [0.15, 0.2) is 30.9 Å². The van der Waals surface area contributed by atoms with Gasteiger partial charge in [0.1, 0.15) is 11.9 Å². The zero-order valence-corrected chi connectivity index (χ0v) is 14.4. The van der Waals surface area contributed by atoms with Crippen molar-refractivity contribution in [2.75, 3.05) is 26.2 Å². The summed E-state index contributed by atoms with van der Waals surface area (Å²) in [6.45, 7) is 5.43. The van der Waals surface area contributed by atoms with Crippen LogP contribution < -0.4 is 0 Å². The van der Waals surface area contributed by atoms with Crippen molar-refractivity contribution in [1.82, 2.24) is 24.2 Å². The molecule has 0 saturated carbocycles. The van der Waals surface area contributed by atoms with E-state index in [4.69, 9.17) is 4.74 Å². The minimum absolute atomic E-state index is 0.159. The van der Waals surface area contributed by atoms with Gasteiger partial charge in [0, 0.05) is 57.4 Å². The van der Waals surface area contributed by atoms with Crippen molar-refractivity contribution in [3.8, 4) is 0 Å².